The lowest BCUT2D eigenvalue weighted by atomic mass is 9.91. The highest BCUT2D eigenvalue weighted by molar-refractivity contribution is 5.45. The van der Waals surface area contributed by atoms with Crippen molar-refractivity contribution in [1.82, 2.24) is 0 Å². The Bertz CT molecular complexity index is 671. The number of fused-ring (bicyclic) bond motifs is 1. The van der Waals surface area contributed by atoms with E-state index in [1.54, 1.807) is 0 Å². The van der Waals surface area contributed by atoms with Gasteiger partial charge in [0.2, 0.25) is 0 Å². The Morgan fingerprint density at radius 1 is 1.10 bits per heavy atom. The Morgan fingerprint density at radius 2 is 1.76 bits per heavy atom. The number of aryl methyl sites for hydroxylation is 3. The summed E-state index contributed by atoms with van der Waals surface area (Å²) < 4.78 is 6.13. The van der Waals surface area contributed by atoms with E-state index in [-0.39, 0.29) is 12.1 Å². The SMILES string of the molecule is Cc1ccc2c(c1)[C@H](N)CC(c1cc(C)c(O)c(C)c1)O2. The van der Waals surface area contributed by atoms with Crippen LogP contribution in [-0.2, 0) is 0 Å². The number of hydrogen-bond donors (Lipinski definition) is 2. The summed E-state index contributed by atoms with van der Waals surface area (Å²) in [7, 11) is 0. The molecule has 0 saturated carbocycles. The third kappa shape index (κ3) is 2.49. The van der Waals surface area contributed by atoms with Gasteiger partial charge in [-0.3, -0.25) is 0 Å². The molecule has 3 rings (SSSR count). The molecule has 3 N–H and O–H groups in total. The van der Waals surface area contributed by atoms with Crippen LogP contribution in [0.4, 0.5) is 0 Å². The summed E-state index contributed by atoms with van der Waals surface area (Å²) in [5, 5.41) is 9.90. The molecule has 0 saturated heterocycles. The molecule has 1 unspecified atom stereocenters. The highest BCUT2D eigenvalue weighted by atomic mass is 16.5. The Labute approximate surface area is 125 Å². The van der Waals surface area contributed by atoms with E-state index in [1.165, 1.54) is 5.56 Å². The number of hydrogen-bond acceptors (Lipinski definition) is 3. The molecule has 1 heterocycles. The molecule has 3 heteroatoms. The van der Waals surface area contributed by atoms with Gasteiger partial charge in [-0.15, -0.1) is 0 Å². The number of phenolic OH excluding ortho intramolecular Hbond substituents is 1. The van der Waals surface area contributed by atoms with Crippen LogP contribution in [0.1, 0.15) is 46.4 Å². The molecule has 2 aromatic rings. The van der Waals surface area contributed by atoms with Crippen molar-refractivity contribution in [2.24, 2.45) is 5.73 Å². The van der Waals surface area contributed by atoms with Gasteiger partial charge in [-0.05, 0) is 55.7 Å². The first kappa shape index (κ1) is 14.0. The predicted octanol–water partition coefficient (Wildman–Crippen LogP) is 3.84. The van der Waals surface area contributed by atoms with Crippen molar-refractivity contribution in [1.29, 1.82) is 0 Å². The van der Waals surface area contributed by atoms with Gasteiger partial charge in [-0.1, -0.05) is 17.7 Å². The van der Waals surface area contributed by atoms with E-state index in [1.807, 2.05) is 38.1 Å². The zero-order valence-corrected chi connectivity index (χ0v) is 12.7. The number of rotatable bonds is 1. The molecule has 0 radical (unpaired) electrons. The van der Waals surface area contributed by atoms with Gasteiger partial charge in [0, 0.05) is 18.0 Å². The van der Waals surface area contributed by atoms with Crippen LogP contribution in [0, 0.1) is 20.8 Å². The fraction of sp³-hybridized carbons (Fsp3) is 0.333. The number of nitrogens with two attached hydrogens (primary N) is 1. The van der Waals surface area contributed by atoms with Crippen molar-refractivity contribution in [3.63, 3.8) is 0 Å². The van der Waals surface area contributed by atoms with Gasteiger partial charge in [0.1, 0.15) is 17.6 Å². The topological polar surface area (TPSA) is 55.5 Å². The van der Waals surface area contributed by atoms with Crippen LogP contribution >= 0.6 is 0 Å². The summed E-state index contributed by atoms with van der Waals surface area (Å²) in [5.41, 5.74) is 11.4. The van der Waals surface area contributed by atoms with Gasteiger partial charge in [0.25, 0.3) is 0 Å². The minimum atomic E-state index is -0.0618. The highest BCUT2D eigenvalue weighted by Crippen LogP contribution is 2.41. The standard InChI is InChI=1S/C18H21NO2/c1-10-4-5-16-14(6-10)15(19)9-17(21-16)13-7-11(2)18(20)12(3)8-13/h4-8,15,17,20H,9,19H2,1-3H3/t15-,17?/m1/s1. The van der Waals surface area contributed by atoms with Crippen molar-refractivity contribution in [2.75, 3.05) is 0 Å². The van der Waals surface area contributed by atoms with Crippen molar-refractivity contribution in [3.05, 3.63) is 58.1 Å². The normalized spacial score (nSPS) is 20.8. The smallest absolute Gasteiger partial charge is 0.126 e. The van der Waals surface area contributed by atoms with Crippen molar-refractivity contribution in [2.45, 2.75) is 39.3 Å². The largest absolute Gasteiger partial charge is 0.507 e. The second kappa shape index (κ2) is 5.08. The summed E-state index contributed by atoms with van der Waals surface area (Å²) in [5.74, 6) is 1.22. The predicted molar refractivity (Wildman–Crippen MR) is 83.7 cm³/mol. The lowest BCUT2D eigenvalue weighted by Crippen LogP contribution is -2.24. The van der Waals surface area contributed by atoms with E-state index in [0.29, 0.717) is 5.75 Å². The van der Waals surface area contributed by atoms with E-state index in [4.69, 9.17) is 10.5 Å². The van der Waals surface area contributed by atoms with E-state index in [9.17, 15) is 5.11 Å². The lowest BCUT2D eigenvalue weighted by Gasteiger charge is -2.31. The second-order valence-corrected chi connectivity index (χ2v) is 5.99. The molecule has 2 atom stereocenters. The quantitative estimate of drug-likeness (QED) is 0.836. The maximum Gasteiger partial charge on any atom is 0.126 e. The van der Waals surface area contributed by atoms with E-state index in [0.717, 1.165) is 34.4 Å². The zero-order valence-electron chi connectivity index (χ0n) is 12.7. The number of ether oxygens (including phenoxy) is 1. The summed E-state index contributed by atoms with van der Waals surface area (Å²) in [4.78, 5) is 0. The minimum Gasteiger partial charge on any atom is -0.507 e. The molecule has 0 bridgehead atoms. The molecule has 21 heavy (non-hydrogen) atoms. The minimum absolute atomic E-state index is 0.0203. The number of benzene rings is 2. The fourth-order valence-corrected chi connectivity index (χ4v) is 3.00. The Kier molecular flexibility index (Phi) is 3.38. The van der Waals surface area contributed by atoms with E-state index < -0.39 is 0 Å². The van der Waals surface area contributed by atoms with Crippen LogP contribution in [0.3, 0.4) is 0 Å². The molecule has 0 fully saturated rings. The van der Waals surface area contributed by atoms with Crippen LogP contribution in [-0.4, -0.2) is 5.11 Å². The fourth-order valence-electron chi connectivity index (χ4n) is 3.00. The van der Waals surface area contributed by atoms with Gasteiger partial charge in [0.05, 0.1) is 0 Å². The average molecular weight is 283 g/mol. The Balaban J connectivity index is 1.98. The molecular formula is C18H21NO2. The van der Waals surface area contributed by atoms with Gasteiger partial charge in [0.15, 0.2) is 0 Å². The molecule has 0 aromatic heterocycles. The Hall–Kier alpha value is -2.00. The maximum atomic E-state index is 9.90. The molecule has 3 nitrogen and oxygen atoms in total. The third-order valence-electron chi connectivity index (χ3n) is 4.19. The van der Waals surface area contributed by atoms with Crippen LogP contribution in [0.2, 0.25) is 0 Å². The third-order valence-corrected chi connectivity index (χ3v) is 4.19. The summed E-state index contributed by atoms with van der Waals surface area (Å²) in [6.07, 6.45) is 0.688. The van der Waals surface area contributed by atoms with E-state index >= 15 is 0 Å². The van der Waals surface area contributed by atoms with Crippen molar-refractivity contribution >= 4 is 0 Å². The summed E-state index contributed by atoms with van der Waals surface area (Å²) in [6.45, 7) is 5.88. The second-order valence-electron chi connectivity index (χ2n) is 5.99. The Morgan fingerprint density at radius 3 is 2.43 bits per heavy atom. The summed E-state index contributed by atoms with van der Waals surface area (Å²) >= 11 is 0. The zero-order chi connectivity index (χ0) is 15.1. The van der Waals surface area contributed by atoms with Crippen LogP contribution < -0.4 is 10.5 Å². The van der Waals surface area contributed by atoms with Crippen molar-refractivity contribution < 1.29 is 9.84 Å². The lowest BCUT2D eigenvalue weighted by molar-refractivity contribution is 0.161. The maximum absolute atomic E-state index is 9.90. The first-order valence-electron chi connectivity index (χ1n) is 7.28. The molecule has 0 spiro atoms. The van der Waals surface area contributed by atoms with Crippen molar-refractivity contribution in [3.8, 4) is 11.5 Å². The monoisotopic (exact) mass is 283 g/mol. The average Bonchev–Trinajstić information content (AvgIpc) is 2.44. The number of aromatic hydroxyl groups is 1. The molecule has 0 amide bonds. The molecule has 2 aromatic carbocycles. The molecular weight excluding hydrogens is 262 g/mol. The molecule has 1 aliphatic heterocycles. The number of phenols is 1. The van der Waals surface area contributed by atoms with Crippen LogP contribution in [0.25, 0.3) is 0 Å². The first-order valence-corrected chi connectivity index (χ1v) is 7.28. The molecule has 0 aliphatic carbocycles. The summed E-state index contributed by atoms with van der Waals surface area (Å²) in [6, 6.07) is 10.1. The highest BCUT2D eigenvalue weighted by Gasteiger charge is 2.27. The van der Waals surface area contributed by atoms with Gasteiger partial charge >= 0.3 is 0 Å². The van der Waals surface area contributed by atoms with E-state index in [2.05, 4.69) is 13.0 Å². The van der Waals surface area contributed by atoms with Gasteiger partial charge in [-0.25, -0.2) is 0 Å². The molecule has 1 aliphatic rings. The van der Waals surface area contributed by atoms with Gasteiger partial charge in [-0.2, -0.15) is 0 Å². The first-order chi connectivity index (χ1) is 9.95. The molecule has 110 valence electrons. The van der Waals surface area contributed by atoms with Gasteiger partial charge < -0.3 is 15.6 Å². The van der Waals surface area contributed by atoms with Crippen LogP contribution in [0.15, 0.2) is 30.3 Å². The van der Waals surface area contributed by atoms with Crippen LogP contribution in [0.5, 0.6) is 11.5 Å².